The highest BCUT2D eigenvalue weighted by Crippen LogP contribution is 2.47. The Balaban J connectivity index is 2.73. The smallest absolute Gasteiger partial charge is 0.171 e. The molecule has 7 heteroatoms. The second kappa shape index (κ2) is 16.1. The van der Waals surface area contributed by atoms with Crippen molar-refractivity contribution in [2.24, 2.45) is 29.1 Å². The number of Topliss-reactive ketones (excluding diaryl/α,β-unsaturated/α-hetero) is 1. The number of unbranched alkanes of at least 4 members (excludes halogenated alkanes) is 4. The summed E-state index contributed by atoms with van der Waals surface area (Å²) in [6, 6.07) is 0. The van der Waals surface area contributed by atoms with E-state index in [2.05, 4.69) is 34.3 Å². The standard InChI is InChI=1S/C34H60O7/c1-10-12-14-18-39-28-25(7)29(41-21-22(3)4)30(40-19-15-13-11-2)32(37)33(8,9)17-16-23(5)31(36)34(38)20-24(6)27(35)26(28)34/h16-17,22-24,26-30,32,35,37-38H,7,10-15,18-21H2,1-6,8-9H3. The van der Waals surface area contributed by atoms with Gasteiger partial charge >= 0.3 is 0 Å². The van der Waals surface area contributed by atoms with Gasteiger partial charge in [0.05, 0.1) is 24.2 Å². The molecule has 1 saturated carbocycles. The van der Waals surface area contributed by atoms with Crippen molar-refractivity contribution in [3.63, 3.8) is 0 Å². The predicted octanol–water partition coefficient (Wildman–Crippen LogP) is 5.64. The maximum Gasteiger partial charge on any atom is 0.171 e. The van der Waals surface area contributed by atoms with Crippen LogP contribution in [0.3, 0.4) is 0 Å². The summed E-state index contributed by atoms with van der Waals surface area (Å²) < 4.78 is 19.5. The van der Waals surface area contributed by atoms with Crippen molar-refractivity contribution in [2.45, 2.75) is 136 Å². The molecular formula is C34H60O7. The zero-order valence-electron chi connectivity index (χ0n) is 27.1. The highest BCUT2D eigenvalue weighted by atomic mass is 16.6. The summed E-state index contributed by atoms with van der Waals surface area (Å²) in [5, 5.41) is 35.5. The van der Waals surface area contributed by atoms with Crippen molar-refractivity contribution in [3.05, 3.63) is 24.3 Å². The Hall–Kier alpha value is -1.09. The van der Waals surface area contributed by atoms with E-state index in [0.717, 1.165) is 38.5 Å². The highest BCUT2D eigenvalue weighted by Gasteiger charge is 2.60. The molecule has 0 aromatic heterocycles. The molecular weight excluding hydrogens is 520 g/mol. The van der Waals surface area contributed by atoms with Gasteiger partial charge < -0.3 is 29.5 Å². The number of allylic oxidation sites excluding steroid dienone is 1. The molecule has 0 heterocycles. The molecule has 1 fully saturated rings. The minimum atomic E-state index is -1.80. The van der Waals surface area contributed by atoms with Crippen LogP contribution in [0.15, 0.2) is 24.3 Å². The molecule has 9 unspecified atom stereocenters. The first-order valence-corrected chi connectivity index (χ1v) is 16.1. The summed E-state index contributed by atoms with van der Waals surface area (Å²) in [7, 11) is 0. The van der Waals surface area contributed by atoms with E-state index in [4.69, 9.17) is 14.2 Å². The van der Waals surface area contributed by atoms with Crippen molar-refractivity contribution in [1.29, 1.82) is 0 Å². The minimum absolute atomic E-state index is 0.137. The number of carbonyl (C=O) groups excluding carboxylic acids is 1. The van der Waals surface area contributed by atoms with Gasteiger partial charge in [0.2, 0.25) is 0 Å². The zero-order chi connectivity index (χ0) is 31.0. The van der Waals surface area contributed by atoms with Crippen LogP contribution in [0.25, 0.3) is 0 Å². The summed E-state index contributed by atoms with van der Waals surface area (Å²) >= 11 is 0. The normalized spacial score (nSPS) is 36.3. The summed E-state index contributed by atoms with van der Waals surface area (Å²) in [5.74, 6) is -2.02. The van der Waals surface area contributed by atoms with Crippen LogP contribution < -0.4 is 0 Å². The molecule has 9 atom stereocenters. The topological polar surface area (TPSA) is 105 Å². The molecule has 0 spiro atoms. The molecule has 0 aromatic rings. The predicted molar refractivity (Wildman–Crippen MR) is 164 cm³/mol. The molecule has 0 bridgehead atoms. The number of hydrogen-bond acceptors (Lipinski definition) is 7. The molecule has 0 aromatic carbocycles. The summed E-state index contributed by atoms with van der Waals surface area (Å²) in [4.78, 5) is 13.9. The van der Waals surface area contributed by atoms with Gasteiger partial charge in [0, 0.05) is 31.2 Å². The number of hydrogen-bond donors (Lipinski definition) is 3. The van der Waals surface area contributed by atoms with E-state index in [9.17, 15) is 20.1 Å². The average Bonchev–Trinajstić information content (AvgIpc) is 3.15. The Morgan fingerprint density at radius 3 is 2.12 bits per heavy atom. The minimum Gasteiger partial charge on any atom is -0.392 e. The maximum absolute atomic E-state index is 13.9. The number of ketones is 1. The molecule has 41 heavy (non-hydrogen) atoms. The third kappa shape index (κ3) is 8.96. The fraction of sp³-hybridized carbons (Fsp3) is 0.853. The third-order valence-corrected chi connectivity index (χ3v) is 8.93. The highest BCUT2D eigenvalue weighted by molar-refractivity contribution is 5.91. The van der Waals surface area contributed by atoms with Crippen molar-refractivity contribution >= 4 is 5.78 Å². The Morgan fingerprint density at radius 2 is 1.56 bits per heavy atom. The SMILES string of the molecule is C=C1C(OCC(C)C)C(OCCCCC)C(O)C(C)(C)C=CC(C)C(=O)C2(O)CC(C)C(O)C2C1OCCCCC. The van der Waals surface area contributed by atoms with Crippen LogP contribution in [0.2, 0.25) is 0 Å². The summed E-state index contributed by atoms with van der Waals surface area (Å²) in [6.45, 7) is 21.5. The second-order valence-corrected chi connectivity index (χ2v) is 13.7. The molecule has 2 aliphatic rings. The van der Waals surface area contributed by atoms with Gasteiger partial charge in [-0.2, -0.15) is 0 Å². The van der Waals surface area contributed by atoms with Crippen molar-refractivity contribution in [1.82, 2.24) is 0 Å². The first kappa shape index (κ1) is 36.1. The molecule has 0 aliphatic heterocycles. The van der Waals surface area contributed by atoms with E-state index in [-0.39, 0.29) is 24.0 Å². The van der Waals surface area contributed by atoms with Gasteiger partial charge in [-0.1, -0.05) is 99.8 Å². The molecule has 2 aliphatic carbocycles. The lowest BCUT2D eigenvalue weighted by Gasteiger charge is -2.44. The number of ether oxygens (including phenoxy) is 3. The summed E-state index contributed by atoms with van der Waals surface area (Å²) in [6.07, 6.45) is 5.05. The van der Waals surface area contributed by atoms with Crippen molar-refractivity contribution in [3.8, 4) is 0 Å². The molecule has 0 amide bonds. The molecule has 0 radical (unpaired) electrons. The van der Waals surface area contributed by atoms with E-state index < -0.39 is 53.4 Å². The summed E-state index contributed by atoms with van der Waals surface area (Å²) in [5.41, 5.74) is -2.09. The number of carbonyl (C=O) groups is 1. The van der Waals surface area contributed by atoms with Crippen LogP contribution in [0.4, 0.5) is 0 Å². The van der Waals surface area contributed by atoms with Gasteiger partial charge in [0.15, 0.2) is 5.78 Å². The van der Waals surface area contributed by atoms with Crippen molar-refractivity contribution in [2.75, 3.05) is 19.8 Å². The number of aliphatic hydroxyl groups excluding tert-OH is 2. The van der Waals surface area contributed by atoms with Gasteiger partial charge in [0.1, 0.15) is 17.8 Å². The number of fused-ring (bicyclic) bond motifs is 1. The molecule has 0 saturated heterocycles. The van der Waals surface area contributed by atoms with E-state index >= 15 is 0 Å². The number of aliphatic hydroxyl groups is 3. The Morgan fingerprint density at radius 1 is 0.976 bits per heavy atom. The van der Waals surface area contributed by atoms with Crippen LogP contribution in [0.5, 0.6) is 0 Å². The number of rotatable bonds is 13. The van der Waals surface area contributed by atoms with E-state index in [0.29, 0.717) is 25.4 Å². The second-order valence-electron chi connectivity index (χ2n) is 13.7. The Kier molecular flexibility index (Phi) is 14.2. The Bertz CT molecular complexity index is 852. The maximum atomic E-state index is 13.9. The fourth-order valence-corrected chi connectivity index (χ4v) is 6.26. The van der Waals surface area contributed by atoms with Crippen molar-refractivity contribution < 1.29 is 34.3 Å². The molecule has 7 nitrogen and oxygen atoms in total. The average molecular weight is 581 g/mol. The molecule has 2 rings (SSSR count). The monoisotopic (exact) mass is 580 g/mol. The molecule has 3 N–H and O–H groups in total. The first-order valence-electron chi connectivity index (χ1n) is 16.1. The van der Waals surface area contributed by atoms with Gasteiger partial charge in [-0.3, -0.25) is 4.79 Å². The van der Waals surface area contributed by atoms with Gasteiger partial charge in [-0.25, -0.2) is 0 Å². The van der Waals surface area contributed by atoms with Gasteiger partial charge in [-0.05, 0) is 36.7 Å². The van der Waals surface area contributed by atoms with Crippen LogP contribution in [0.1, 0.15) is 100 Å². The lowest BCUT2D eigenvalue weighted by Crippen LogP contribution is -2.56. The van der Waals surface area contributed by atoms with Gasteiger partial charge in [-0.15, -0.1) is 0 Å². The third-order valence-electron chi connectivity index (χ3n) is 8.93. The molecule has 238 valence electrons. The van der Waals surface area contributed by atoms with E-state index in [1.165, 1.54) is 0 Å². The quantitative estimate of drug-likeness (QED) is 0.191. The largest absolute Gasteiger partial charge is 0.392 e. The van der Waals surface area contributed by atoms with Crippen LogP contribution in [0, 0.1) is 29.1 Å². The fourth-order valence-electron chi connectivity index (χ4n) is 6.26. The van der Waals surface area contributed by atoms with E-state index in [1.807, 2.05) is 26.8 Å². The van der Waals surface area contributed by atoms with Crippen LogP contribution in [-0.2, 0) is 19.0 Å². The zero-order valence-corrected chi connectivity index (χ0v) is 27.1. The van der Waals surface area contributed by atoms with Crippen LogP contribution >= 0.6 is 0 Å². The lowest BCUT2D eigenvalue weighted by molar-refractivity contribution is -0.162. The Labute approximate surface area is 249 Å². The van der Waals surface area contributed by atoms with Gasteiger partial charge in [0.25, 0.3) is 0 Å². The first-order chi connectivity index (χ1) is 19.2. The van der Waals surface area contributed by atoms with E-state index in [1.54, 1.807) is 13.0 Å². The van der Waals surface area contributed by atoms with Crippen LogP contribution in [-0.4, -0.2) is 77.0 Å². The lowest BCUT2D eigenvalue weighted by atomic mass is 9.72.